The van der Waals surface area contributed by atoms with Crippen LogP contribution in [0.5, 0.6) is 0 Å². The smallest absolute Gasteiger partial charge is 0.0562 e. The highest BCUT2D eigenvalue weighted by atomic mass is 127. The molecule has 1 aliphatic rings. The van der Waals surface area contributed by atoms with Gasteiger partial charge in [-0.05, 0) is 13.5 Å². The van der Waals surface area contributed by atoms with Gasteiger partial charge in [0.25, 0.3) is 0 Å². The summed E-state index contributed by atoms with van der Waals surface area (Å²) in [7, 11) is 1.99. The lowest BCUT2D eigenvalue weighted by atomic mass is 10.0. The highest BCUT2D eigenvalue weighted by Crippen LogP contribution is 2.27. The Labute approximate surface area is 75.7 Å². The normalized spacial score (nSPS) is 31.0. The van der Waals surface area contributed by atoms with E-state index in [4.69, 9.17) is 0 Å². The fourth-order valence-corrected chi connectivity index (χ4v) is 1.91. The first-order valence-electron chi connectivity index (χ1n) is 3.45. The van der Waals surface area contributed by atoms with Crippen molar-refractivity contribution in [2.45, 2.75) is 9.84 Å². The second kappa shape index (κ2) is 3.53. The number of nitrogens with one attached hydrogen (secondary N) is 1. The van der Waals surface area contributed by atoms with Gasteiger partial charge in [-0.15, -0.1) is 0 Å². The minimum absolute atomic E-state index is 0.321. The zero-order valence-corrected chi connectivity index (χ0v) is 8.26. The van der Waals surface area contributed by atoms with Crippen LogP contribution in [-0.4, -0.2) is 17.0 Å². The van der Waals surface area contributed by atoms with Crippen LogP contribution in [0.1, 0.15) is 6.42 Å². The van der Waals surface area contributed by atoms with E-state index in [9.17, 15) is 0 Å². The SMILES string of the molecule is CNCC1(I)C=CC=CC1. The van der Waals surface area contributed by atoms with E-state index in [2.05, 4.69) is 52.2 Å². The van der Waals surface area contributed by atoms with Crippen molar-refractivity contribution >= 4 is 22.6 Å². The summed E-state index contributed by atoms with van der Waals surface area (Å²) in [5.41, 5.74) is 0. The number of allylic oxidation sites excluding steroid dienone is 3. The average Bonchev–Trinajstić information content (AvgIpc) is 1.89. The molecular formula is C8H12IN. The second-order valence-corrected chi connectivity index (χ2v) is 4.70. The molecule has 0 saturated carbocycles. The molecule has 0 fully saturated rings. The van der Waals surface area contributed by atoms with Crippen molar-refractivity contribution in [3.05, 3.63) is 24.3 Å². The lowest BCUT2D eigenvalue weighted by Crippen LogP contribution is -2.31. The summed E-state index contributed by atoms with van der Waals surface area (Å²) in [6, 6.07) is 0. The third-order valence-corrected chi connectivity index (χ3v) is 2.75. The Morgan fingerprint density at radius 3 is 2.90 bits per heavy atom. The summed E-state index contributed by atoms with van der Waals surface area (Å²) in [5, 5.41) is 3.19. The molecule has 1 N–H and O–H groups in total. The summed E-state index contributed by atoms with van der Waals surface area (Å²) in [6.07, 6.45) is 9.83. The summed E-state index contributed by atoms with van der Waals surface area (Å²) >= 11 is 2.49. The van der Waals surface area contributed by atoms with Crippen LogP contribution in [-0.2, 0) is 0 Å². The zero-order valence-electron chi connectivity index (χ0n) is 6.10. The number of alkyl halides is 1. The summed E-state index contributed by atoms with van der Waals surface area (Å²) in [4.78, 5) is 0. The lowest BCUT2D eigenvalue weighted by molar-refractivity contribution is 0.671. The van der Waals surface area contributed by atoms with Crippen molar-refractivity contribution in [1.82, 2.24) is 5.32 Å². The fourth-order valence-electron chi connectivity index (χ4n) is 1.06. The van der Waals surface area contributed by atoms with Crippen molar-refractivity contribution in [1.29, 1.82) is 0 Å². The molecule has 0 bridgehead atoms. The van der Waals surface area contributed by atoms with E-state index in [0.717, 1.165) is 13.0 Å². The maximum atomic E-state index is 3.19. The molecule has 1 atom stereocenters. The summed E-state index contributed by atoms with van der Waals surface area (Å²) in [6.45, 7) is 1.05. The van der Waals surface area contributed by atoms with E-state index < -0.39 is 0 Å². The topological polar surface area (TPSA) is 12.0 Å². The van der Waals surface area contributed by atoms with E-state index in [1.54, 1.807) is 0 Å². The van der Waals surface area contributed by atoms with E-state index in [1.165, 1.54) is 0 Å². The van der Waals surface area contributed by atoms with Crippen molar-refractivity contribution in [3.8, 4) is 0 Å². The van der Waals surface area contributed by atoms with E-state index in [-0.39, 0.29) is 0 Å². The molecule has 1 nitrogen and oxygen atoms in total. The van der Waals surface area contributed by atoms with Gasteiger partial charge in [-0.1, -0.05) is 46.9 Å². The van der Waals surface area contributed by atoms with Crippen molar-refractivity contribution in [2.75, 3.05) is 13.6 Å². The van der Waals surface area contributed by atoms with Crippen LogP contribution in [0.15, 0.2) is 24.3 Å². The predicted octanol–water partition coefficient (Wildman–Crippen LogP) is 1.90. The Morgan fingerprint density at radius 2 is 2.40 bits per heavy atom. The number of halogens is 1. The van der Waals surface area contributed by atoms with Crippen LogP contribution in [0.2, 0.25) is 0 Å². The van der Waals surface area contributed by atoms with Gasteiger partial charge in [-0.2, -0.15) is 0 Å². The van der Waals surface area contributed by atoms with E-state index in [1.807, 2.05) is 7.05 Å². The molecule has 0 heterocycles. The van der Waals surface area contributed by atoms with Crippen LogP contribution in [0, 0.1) is 0 Å². The molecule has 1 unspecified atom stereocenters. The third kappa shape index (κ3) is 2.09. The molecular weight excluding hydrogens is 237 g/mol. The van der Waals surface area contributed by atoms with Gasteiger partial charge in [-0.3, -0.25) is 0 Å². The molecule has 0 aromatic carbocycles. The molecule has 56 valence electrons. The summed E-state index contributed by atoms with van der Waals surface area (Å²) < 4.78 is 0.321. The zero-order chi connectivity index (χ0) is 7.45. The molecule has 1 rings (SSSR count). The van der Waals surface area contributed by atoms with E-state index >= 15 is 0 Å². The number of hydrogen-bond acceptors (Lipinski definition) is 1. The van der Waals surface area contributed by atoms with Crippen LogP contribution in [0.4, 0.5) is 0 Å². The van der Waals surface area contributed by atoms with Crippen LogP contribution in [0.3, 0.4) is 0 Å². The van der Waals surface area contributed by atoms with Gasteiger partial charge in [0.2, 0.25) is 0 Å². The quantitative estimate of drug-likeness (QED) is 0.582. The van der Waals surface area contributed by atoms with Gasteiger partial charge in [0.15, 0.2) is 0 Å². The lowest BCUT2D eigenvalue weighted by Gasteiger charge is -2.23. The fraction of sp³-hybridized carbons (Fsp3) is 0.500. The molecule has 2 heteroatoms. The second-order valence-electron chi connectivity index (χ2n) is 2.56. The number of hydrogen-bond donors (Lipinski definition) is 1. The molecule has 0 aliphatic heterocycles. The standard InChI is InChI=1S/C8H12IN/c1-10-7-8(9)5-3-2-4-6-8/h2-5,10H,6-7H2,1H3. The first-order chi connectivity index (χ1) is 4.77. The maximum Gasteiger partial charge on any atom is 0.0562 e. The minimum atomic E-state index is 0.321. The highest BCUT2D eigenvalue weighted by molar-refractivity contribution is 14.1. The van der Waals surface area contributed by atoms with Gasteiger partial charge in [0, 0.05) is 6.54 Å². The van der Waals surface area contributed by atoms with Crippen molar-refractivity contribution in [3.63, 3.8) is 0 Å². The van der Waals surface area contributed by atoms with Crippen LogP contribution < -0.4 is 5.32 Å². The van der Waals surface area contributed by atoms with Gasteiger partial charge < -0.3 is 5.32 Å². The largest absolute Gasteiger partial charge is 0.318 e. The molecule has 0 amide bonds. The van der Waals surface area contributed by atoms with Crippen molar-refractivity contribution < 1.29 is 0 Å². The monoisotopic (exact) mass is 249 g/mol. The van der Waals surface area contributed by atoms with Gasteiger partial charge in [0.05, 0.1) is 3.42 Å². The average molecular weight is 249 g/mol. The predicted molar refractivity (Wildman–Crippen MR) is 53.6 cm³/mol. The highest BCUT2D eigenvalue weighted by Gasteiger charge is 2.21. The van der Waals surface area contributed by atoms with Crippen LogP contribution >= 0.6 is 22.6 Å². The van der Waals surface area contributed by atoms with Gasteiger partial charge >= 0.3 is 0 Å². The Hall–Kier alpha value is 0.170. The molecule has 0 saturated heterocycles. The Morgan fingerprint density at radius 1 is 1.60 bits per heavy atom. The molecule has 10 heavy (non-hydrogen) atoms. The first-order valence-corrected chi connectivity index (χ1v) is 4.53. The molecule has 0 spiro atoms. The minimum Gasteiger partial charge on any atom is -0.318 e. The molecule has 0 aromatic heterocycles. The van der Waals surface area contributed by atoms with Crippen molar-refractivity contribution in [2.24, 2.45) is 0 Å². The van der Waals surface area contributed by atoms with Gasteiger partial charge in [-0.25, -0.2) is 0 Å². The van der Waals surface area contributed by atoms with Crippen LogP contribution in [0.25, 0.3) is 0 Å². The molecule has 1 aliphatic carbocycles. The van der Waals surface area contributed by atoms with Gasteiger partial charge in [0.1, 0.15) is 0 Å². The maximum absolute atomic E-state index is 3.19. The number of rotatable bonds is 2. The first kappa shape index (κ1) is 8.27. The summed E-state index contributed by atoms with van der Waals surface area (Å²) in [5.74, 6) is 0. The Balaban J connectivity index is 2.52. The third-order valence-electron chi connectivity index (χ3n) is 1.57. The Bertz CT molecular complexity index is 163. The van der Waals surface area contributed by atoms with E-state index in [0.29, 0.717) is 3.42 Å². The molecule has 0 radical (unpaired) electrons. The Kier molecular flexibility index (Phi) is 2.92. The molecule has 0 aromatic rings.